The molecule has 0 spiro atoms. The average molecular weight is 467 g/mol. The van der Waals surface area contributed by atoms with Crippen LogP contribution in [0.25, 0.3) is 5.69 Å². The number of hydrogen-bond acceptors (Lipinski definition) is 6. The number of aromatic nitrogens is 4. The normalized spacial score (nSPS) is 10.5. The maximum absolute atomic E-state index is 12.1. The summed E-state index contributed by atoms with van der Waals surface area (Å²) in [4.78, 5) is 12.1. The highest BCUT2D eigenvalue weighted by Crippen LogP contribution is 2.20. The summed E-state index contributed by atoms with van der Waals surface area (Å²) in [6.45, 7) is 0. The molecule has 3 aromatic rings. The summed E-state index contributed by atoms with van der Waals surface area (Å²) in [6, 6.07) is 15.0. The molecule has 3 rings (SSSR count). The van der Waals surface area contributed by atoms with Gasteiger partial charge in [-0.05, 0) is 75.5 Å². The van der Waals surface area contributed by atoms with E-state index >= 15 is 0 Å². The first-order chi connectivity index (χ1) is 12.2. The molecular formula is C16H14IN5O2S. The number of nitrogens with one attached hydrogen (secondary N) is 1. The van der Waals surface area contributed by atoms with Crippen LogP contribution in [0.2, 0.25) is 0 Å². The minimum atomic E-state index is -0.115. The van der Waals surface area contributed by atoms with Gasteiger partial charge in [-0.1, -0.05) is 17.8 Å². The van der Waals surface area contributed by atoms with E-state index in [-0.39, 0.29) is 11.7 Å². The molecule has 0 aliphatic heterocycles. The van der Waals surface area contributed by atoms with Gasteiger partial charge in [-0.15, -0.1) is 5.10 Å². The molecule has 0 unspecified atom stereocenters. The van der Waals surface area contributed by atoms with E-state index in [0.29, 0.717) is 5.16 Å². The maximum atomic E-state index is 12.1. The number of nitrogens with zero attached hydrogens (tertiary/aromatic N) is 4. The zero-order valence-electron chi connectivity index (χ0n) is 13.2. The van der Waals surface area contributed by atoms with Gasteiger partial charge in [0.05, 0.1) is 18.6 Å². The van der Waals surface area contributed by atoms with E-state index in [9.17, 15) is 4.79 Å². The monoisotopic (exact) mass is 467 g/mol. The van der Waals surface area contributed by atoms with Gasteiger partial charge in [0, 0.05) is 9.26 Å². The van der Waals surface area contributed by atoms with Crippen molar-refractivity contribution in [3.05, 3.63) is 52.1 Å². The van der Waals surface area contributed by atoms with Crippen LogP contribution in [0.3, 0.4) is 0 Å². The third kappa shape index (κ3) is 4.69. The molecule has 0 aliphatic rings. The zero-order chi connectivity index (χ0) is 17.6. The van der Waals surface area contributed by atoms with E-state index in [2.05, 4.69) is 43.4 Å². The molecule has 1 N–H and O–H groups in total. The maximum Gasteiger partial charge on any atom is 0.234 e. The molecule has 9 heteroatoms. The Labute approximate surface area is 162 Å². The van der Waals surface area contributed by atoms with Gasteiger partial charge in [-0.25, -0.2) is 0 Å². The summed E-state index contributed by atoms with van der Waals surface area (Å²) in [5.74, 6) is 0.848. The fraction of sp³-hybridized carbons (Fsp3) is 0.125. The molecule has 0 atom stereocenters. The molecule has 0 saturated heterocycles. The van der Waals surface area contributed by atoms with Crippen molar-refractivity contribution in [3.63, 3.8) is 0 Å². The molecule has 0 fully saturated rings. The van der Waals surface area contributed by atoms with Crippen LogP contribution in [-0.2, 0) is 4.79 Å². The molecule has 128 valence electrons. The molecular weight excluding hydrogens is 453 g/mol. The van der Waals surface area contributed by atoms with E-state index in [0.717, 1.165) is 20.7 Å². The van der Waals surface area contributed by atoms with Crippen molar-refractivity contribution in [3.8, 4) is 11.4 Å². The summed E-state index contributed by atoms with van der Waals surface area (Å²) in [5.41, 5.74) is 1.57. The lowest BCUT2D eigenvalue weighted by molar-refractivity contribution is -0.113. The Hall–Kier alpha value is -2.14. The second-order valence-electron chi connectivity index (χ2n) is 4.92. The quantitative estimate of drug-likeness (QED) is 0.444. The topological polar surface area (TPSA) is 81.9 Å². The van der Waals surface area contributed by atoms with Crippen LogP contribution in [-0.4, -0.2) is 39.0 Å². The first-order valence-electron chi connectivity index (χ1n) is 7.27. The molecule has 0 aliphatic carbocycles. The summed E-state index contributed by atoms with van der Waals surface area (Å²) >= 11 is 3.47. The van der Waals surface area contributed by atoms with E-state index in [1.807, 2.05) is 48.5 Å². The highest BCUT2D eigenvalue weighted by atomic mass is 127. The summed E-state index contributed by atoms with van der Waals surface area (Å²) in [5, 5.41) is 15.1. The van der Waals surface area contributed by atoms with Crippen molar-refractivity contribution < 1.29 is 9.53 Å². The number of carbonyl (C=O) groups is 1. The number of halogens is 1. The van der Waals surface area contributed by atoms with Crippen molar-refractivity contribution >= 4 is 45.9 Å². The predicted molar refractivity (Wildman–Crippen MR) is 104 cm³/mol. The number of methoxy groups -OCH3 is 1. The number of hydrogen-bond donors (Lipinski definition) is 1. The molecule has 0 saturated carbocycles. The van der Waals surface area contributed by atoms with Gasteiger partial charge < -0.3 is 10.1 Å². The number of carbonyl (C=O) groups excluding carboxylic acids is 1. The highest BCUT2D eigenvalue weighted by Gasteiger charge is 2.12. The number of thioether (sulfide) groups is 1. The van der Waals surface area contributed by atoms with Crippen molar-refractivity contribution in [1.82, 2.24) is 20.2 Å². The van der Waals surface area contributed by atoms with Gasteiger partial charge in [0.15, 0.2) is 0 Å². The summed E-state index contributed by atoms with van der Waals surface area (Å²) in [6.07, 6.45) is 0. The van der Waals surface area contributed by atoms with E-state index in [1.54, 1.807) is 11.8 Å². The Morgan fingerprint density at radius 1 is 1.28 bits per heavy atom. The minimum absolute atomic E-state index is 0.115. The fourth-order valence-corrected chi connectivity index (χ4v) is 3.28. The largest absolute Gasteiger partial charge is 0.497 e. The second kappa shape index (κ2) is 8.30. The fourth-order valence-electron chi connectivity index (χ4n) is 2.05. The van der Waals surface area contributed by atoms with Gasteiger partial charge in [0.2, 0.25) is 11.1 Å². The third-order valence-corrected chi connectivity index (χ3v) is 4.79. The van der Waals surface area contributed by atoms with E-state index < -0.39 is 0 Å². The Bertz CT molecular complexity index is 869. The van der Waals surface area contributed by atoms with Crippen molar-refractivity contribution in [2.24, 2.45) is 0 Å². The van der Waals surface area contributed by atoms with Gasteiger partial charge >= 0.3 is 0 Å². The van der Waals surface area contributed by atoms with Crippen LogP contribution >= 0.6 is 34.4 Å². The predicted octanol–water partition coefficient (Wildman–Crippen LogP) is 3.01. The molecule has 1 heterocycles. The van der Waals surface area contributed by atoms with Crippen LogP contribution in [0.5, 0.6) is 5.75 Å². The molecule has 0 bridgehead atoms. The molecule has 2 aromatic carbocycles. The number of benzene rings is 2. The van der Waals surface area contributed by atoms with E-state index in [1.165, 1.54) is 11.8 Å². The van der Waals surface area contributed by atoms with Gasteiger partial charge in [-0.2, -0.15) is 4.68 Å². The molecule has 7 nitrogen and oxygen atoms in total. The smallest absolute Gasteiger partial charge is 0.234 e. The third-order valence-electron chi connectivity index (χ3n) is 3.20. The van der Waals surface area contributed by atoms with E-state index in [4.69, 9.17) is 4.74 Å². The lowest BCUT2D eigenvalue weighted by atomic mass is 10.3. The first kappa shape index (κ1) is 17.7. The van der Waals surface area contributed by atoms with Crippen molar-refractivity contribution in [1.29, 1.82) is 0 Å². The number of anilines is 1. The van der Waals surface area contributed by atoms with Gasteiger partial charge in [0.1, 0.15) is 5.75 Å². The van der Waals surface area contributed by atoms with Crippen molar-refractivity contribution in [2.75, 3.05) is 18.2 Å². The Morgan fingerprint density at radius 2 is 2.08 bits per heavy atom. The number of amides is 1. The second-order valence-corrected chi connectivity index (χ2v) is 7.11. The van der Waals surface area contributed by atoms with Crippen LogP contribution in [0.1, 0.15) is 0 Å². The number of rotatable bonds is 6. The SMILES string of the molecule is COc1ccc(-n2nnnc2SCC(=O)Nc2cccc(I)c2)cc1. The van der Waals surface area contributed by atoms with Crippen LogP contribution in [0.15, 0.2) is 53.7 Å². The average Bonchev–Trinajstić information content (AvgIpc) is 3.08. The molecule has 1 aromatic heterocycles. The van der Waals surface area contributed by atoms with Crippen LogP contribution in [0, 0.1) is 3.57 Å². The van der Waals surface area contributed by atoms with Crippen LogP contribution in [0.4, 0.5) is 5.69 Å². The molecule has 1 amide bonds. The Balaban J connectivity index is 1.64. The lowest BCUT2D eigenvalue weighted by Crippen LogP contribution is -2.14. The number of ether oxygens (including phenoxy) is 1. The minimum Gasteiger partial charge on any atom is -0.497 e. The van der Waals surface area contributed by atoms with Crippen LogP contribution < -0.4 is 10.1 Å². The first-order valence-corrected chi connectivity index (χ1v) is 9.33. The summed E-state index contributed by atoms with van der Waals surface area (Å²) in [7, 11) is 1.61. The zero-order valence-corrected chi connectivity index (χ0v) is 16.2. The standard InChI is InChI=1S/C16H14IN5O2S/c1-24-14-7-5-13(6-8-14)22-16(19-20-21-22)25-10-15(23)18-12-4-2-3-11(17)9-12/h2-9H,10H2,1H3,(H,18,23). The Morgan fingerprint density at radius 3 is 2.80 bits per heavy atom. The highest BCUT2D eigenvalue weighted by molar-refractivity contribution is 14.1. The lowest BCUT2D eigenvalue weighted by Gasteiger charge is -2.07. The van der Waals surface area contributed by atoms with Gasteiger partial charge in [-0.3, -0.25) is 4.79 Å². The molecule has 0 radical (unpaired) electrons. The van der Waals surface area contributed by atoms with Crippen molar-refractivity contribution in [2.45, 2.75) is 5.16 Å². The summed E-state index contributed by atoms with van der Waals surface area (Å²) < 4.78 is 7.79. The number of tetrazole rings is 1. The molecule has 25 heavy (non-hydrogen) atoms. The van der Waals surface area contributed by atoms with Gasteiger partial charge in [0.25, 0.3) is 0 Å². The Kier molecular flexibility index (Phi) is 5.87.